The Bertz CT molecular complexity index is 631. The van der Waals surface area contributed by atoms with Crippen LogP contribution < -0.4 is 10.6 Å². The third-order valence-corrected chi connectivity index (χ3v) is 4.37. The molecule has 1 saturated carbocycles. The molecule has 1 saturated heterocycles. The highest BCUT2D eigenvalue weighted by molar-refractivity contribution is 6.24. The lowest BCUT2D eigenvalue weighted by atomic mass is 10.00. The Balaban J connectivity index is 2.06. The molecule has 3 N–H and O–H groups in total. The largest absolute Gasteiger partial charge is 0.478 e. The van der Waals surface area contributed by atoms with Crippen molar-refractivity contribution in [3.63, 3.8) is 0 Å². The van der Waals surface area contributed by atoms with Crippen LogP contribution >= 0.6 is 0 Å². The first-order valence-electron chi connectivity index (χ1n) is 6.90. The Morgan fingerprint density at radius 1 is 1.24 bits per heavy atom. The van der Waals surface area contributed by atoms with E-state index in [1.165, 1.54) is 18.2 Å². The van der Waals surface area contributed by atoms with Crippen LogP contribution in [0.25, 0.3) is 0 Å². The molecule has 1 aromatic rings. The van der Waals surface area contributed by atoms with Crippen molar-refractivity contribution in [1.82, 2.24) is 0 Å². The monoisotopic (exact) mass is 288 g/mol. The van der Waals surface area contributed by atoms with Gasteiger partial charge < -0.3 is 10.8 Å². The summed E-state index contributed by atoms with van der Waals surface area (Å²) in [6.07, 6.45) is 1.35. The van der Waals surface area contributed by atoms with Crippen LogP contribution in [0.3, 0.4) is 0 Å². The summed E-state index contributed by atoms with van der Waals surface area (Å²) in [6.45, 7) is 2.02. The predicted molar refractivity (Wildman–Crippen MR) is 75.7 cm³/mol. The molecule has 0 radical (unpaired) electrons. The molecular formula is C15H16N2O4. The molecule has 3 rings (SSSR count). The molecule has 2 unspecified atom stereocenters. The minimum absolute atomic E-state index is 0.0829. The van der Waals surface area contributed by atoms with Gasteiger partial charge in [0, 0.05) is 5.69 Å². The molecule has 1 aliphatic carbocycles. The number of imide groups is 1. The van der Waals surface area contributed by atoms with Crippen molar-refractivity contribution < 1.29 is 19.5 Å². The molecule has 110 valence electrons. The maximum atomic E-state index is 12.5. The van der Waals surface area contributed by atoms with Crippen LogP contribution in [0, 0.1) is 17.8 Å². The van der Waals surface area contributed by atoms with Gasteiger partial charge in [0.05, 0.1) is 23.1 Å². The Hall–Kier alpha value is -2.37. The standard InChI is InChI=1S/C15H16N2O4/c1-7-4-10-11(5-7)14(19)17(13(10)18)12-6-8(16)2-3-9(12)15(20)21/h2-3,6-7,10-11H,4-5,16H2,1H3,(H,20,21). The third-order valence-electron chi connectivity index (χ3n) is 4.37. The molecule has 6 heteroatoms. The average molecular weight is 288 g/mol. The highest BCUT2D eigenvalue weighted by Gasteiger charge is 2.52. The number of carbonyl (C=O) groups excluding carboxylic acids is 2. The van der Waals surface area contributed by atoms with E-state index in [0.29, 0.717) is 24.4 Å². The summed E-state index contributed by atoms with van der Waals surface area (Å²) < 4.78 is 0. The van der Waals surface area contributed by atoms with Gasteiger partial charge in [-0.15, -0.1) is 0 Å². The van der Waals surface area contributed by atoms with Crippen LogP contribution in [0.15, 0.2) is 18.2 Å². The van der Waals surface area contributed by atoms with Gasteiger partial charge in [-0.2, -0.15) is 0 Å². The van der Waals surface area contributed by atoms with Gasteiger partial charge in [-0.05, 0) is 37.0 Å². The van der Waals surface area contributed by atoms with Gasteiger partial charge in [-0.3, -0.25) is 9.59 Å². The van der Waals surface area contributed by atoms with Gasteiger partial charge in [0.1, 0.15) is 0 Å². The molecule has 6 nitrogen and oxygen atoms in total. The summed E-state index contributed by atoms with van der Waals surface area (Å²) in [5, 5.41) is 9.24. The first-order valence-corrected chi connectivity index (χ1v) is 6.90. The first kappa shape index (κ1) is 13.6. The minimum Gasteiger partial charge on any atom is -0.478 e. The van der Waals surface area contributed by atoms with Crippen molar-refractivity contribution in [2.45, 2.75) is 19.8 Å². The number of hydrogen-bond donors (Lipinski definition) is 2. The van der Waals surface area contributed by atoms with Crippen LogP contribution in [0.4, 0.5) is 11.4 Å². The second-order valence-electron chi connectivity index (χ2n) is 5.88. The lowest BCUT2D eigenvalue weighted by Gasteiger charge is -2.19. The highest BCUT2D eigenvalue weighted by atomic mass is 16.4. The van der Waals surface area contributed by atoms with E-state index in [2.05, 4.69) is 0 Å². The Morgan fingerprint density at radius 3 is 2.33 bits per heavy atom. The van der Waals surface area contributed by atoms with Crippen LogP contribution in [0.5, 0.6) is 0 Å². The number of nitrogen functional groups attached to an aromatic ring is 1. The molecule has 2 atom stereocenters. The zero-order valence-electron chi connectivity index (χ0n) is 11.6. The molecule has 0 bridgehead atoms. The number of amides is 2. The molecule has 1 aliphatic heterocycles. The molecule has 21 heavy (non-hydrogen) atoms. The second-order valence-corrected chi connectivity index (χ2v) is 5.88. The van der Waals surface area contributed by atoms with Crippen LogP contribution in [-0.2, 0) is 9.59 Å². The molecule has 2 amide bonds. The van der Waals surface area contributed by atoms with Gasteiger partial charge in [0.25, 0.3) is 0 Å². The van der Waals surface area contributed by atoms with Crippen LogP contribution in [0.1, 0.15) is 30.1 Å². The summed E-state index contributed by atoms with van der Waals surface area (Å²) in [5.74, 6) is -2.10. The number of aromatic carboxylic acids is 1. The first-order chi connectivity index (χ1) is 9.90. The normalized spacial score (nSPS) is 28.0. The smallest absolute Gasteiger partial charge is 0.337 e. The number of anilines is 2. The fourth-order valence-electron chi connectivity index (χ4n) is 3.43. The second kappa shape index (κ2) is 4.58. The van der Waals surface area contributed by atoms with Gasteiger partial charge in [-0.1, -0.05) is 6.92 Å². The fourth-order valence-corrected chi connectivity index (χ4v) is 3.43. The van der Waals surface area contributed by atoms with E-state index in [0.717, 1.165) is 4.90 Å². The van der Waals surface area contributed by atoms with E-state index in [-0.39, 0.29) is 34.9 Å². The number of rotatable bonds is 2. The third kappa shape index (κ3) is 1.98. The van der Waals surface area contributed by atoms with Gasteiger partial charge in [0.15, 0.2) is 0 Å². The Labute approximate surface area is 121 Å². The average Bonchev–Trinajstić information content (AvgIpc) is 2.89. The SMILES string of the molecule is CC1CC2C(=O)N(c3cc(N)ccc3C(=O)O)C(=O)C2C1. The van der Waals surface area contributed by atoms with E-state index in [1.807, 2.05) is 6.92 Å². The van der Waals surface area contributed by atoms with E-state index >= 15 is 0 Å². The highest BCUT2D eigenvalue weighted by Crippen LogP contribution is 2.45. The number of carboxylic acid groups (broad SMARTS) is 1. The lowest BCUT2D eigenvalue weighted by Crippen LogP contribution is -2.33. The quantitative estimate of drug-likeness (QED) is 0.634. The van der Waals surface area contributed by atoms with Crippen molar-refractivity contribution in [3.05, 3.63) is 23.8 Å². The molecule has 1 heterocycles. The van der Waals surface area contributed by atoms with Gasteiger partial charge in [0.2, 0.25) is 11.8 Å². The van der Waals surface area contributed by atoms with E-state index in [1.54, 1.807) is 0 Å². The summed E-state index contributed by atoms with van der Waals surface area (Å²) in [4.78, 5) is 37.3. The van der Waals surface area contributed by atoms with Crippen LogP contribution in [-0.4, -0.2) is 22.9 Å². The molecule has 1 aromatic carbocycles. The summed E-state index contributed by atoms with van der Waals surface area (Å²) in [6, 6.07) is 4.15. The summed E-state index contributed by atoms with van der Waals surface area (Å²) >= 11 is 0. The number of benzene rings is 1. The number of nitrogens with two attached hydrogens (primary N) is 1. The molecule has 2 aliphatic rings. The zero-order chi connectivity index (χ0) is 15.3. The maximum absolute atomic E-state index is 12.5. The van der Waals surface area contributed by atoms with Crippen LogP contribution in [0.2, 0.25) is 0 Å². The summed E-state index contributed by atoms with van der Waals surface area (Å²) in [5.41, 5.74) is 6.00. The Morgan fingerprint density at radius 2 is 1.81 bits per heavy atom. The fraction of sp³-hybridized carbons (Fsp3) is 0.400. The molecule has 0 spiro atoms. The van der Waals surface area contributed by atoms with Crippen molar-refractivity contribution in [2.24, 2.45) is 17.8 Å². The molecule has 2 fully saturated rings. The van der Waals surface area contributed by atoms with Crippen molar-refractivity contribution in [2.75, 3.05) is 10.6 Å². The number of carbonyl (C=O) groups is 3. The zero-order valence-corrected chi connectivity index (χ0v) is 11.6. The Kier molecular flexibility index (Phi) is 2.97. The number of nitrogens with zero attached hydrogens (tertiary/aromatic N) is 1. The van der Waals surface area contributed by atoms with Gasteiger partial charge in [-0.25, -0.2) is 9.69 Å². The molecule has 0 aromatic heterocycles. The predicted octanol–water partition coefficient (Wildman–Crippen LogP) is 1.50. The van der Waals surface area contributed by atoms with Crippen molar-refractivity contribution in [1.29, 1.82) is 0 Å². The topological polar surface area (TPSA) is 101 Å². The minimum atomic E-state index is -1.18. The number of fused-ring (bicyclic) bond motifs is 1. The molecular weight excluding hydrogens is 272 g/mol. The number of carboxylic acids is 1. The maximum Gasteiger partial charge on any atom is 0.337 e. The number of hydrogen-bond acceptors (Lipinski definition) is 4. The van der Waals surface area contributed by atoms with Crippen molar-refractivity contribution >= 4 is 29.2 Å². The van der Waals surface area contributed by atoms with E-state index in [9.17, 15) is 19.5 Å². The van der Waals surface area contributed by atoms with Crippen molar-refractivity contribution in [3.8, 4) is 0 Å². The van der Waals surface area contributed by atoms with E-state index in [4.69, 9.17) is 5.73 Å². The van der Waals surface area contributed by atoms with Gasteiger partial charge >= 0.3 is 5.97 Å². The van der Waals surface area contributed by atoms with E-state index < -0.39 is 5.97 Å². The summed E-state index contributed by atoms with van der Waals surface area (Å²) in [7, 11) is 0. The lowest BCUT2D eigenvalue weighted by molar-refractivity contribution is -0.123.